The number of fused-ring (bicyclic) bond motifs is 2. The molecule has 0 radical (unpaired) electrons. The molecule has 2 aliphatic rings. The van der Waals surface area contributed by atoms with Gasteiger partial charge in [-0.15, -0.1) is 0 Å². The van der Waals surface area contributed by atoms with Crippen molar-refractivity contribution >= 4 is 11.6 Å². The number of hydrogen-bond acceptors (Lipinski definition) is 2. The Morgan fingerprint density at radius 3 is 2.68 bits per heavy atom. The molecule has 3 heteroatoms. The van der Waals surface area contributed by atoms with Crippen LogP contribution in [-0.2, 0) is 24.1 Å². The molecule has 0 saturated carbocycles. The molecule has 3 nitrogen and oxygen atoms in total. The lowest BCUT2D eigenvalue weighted by Gasteiger charge is -2.25. The van der Waals surface area contributed by atoms with Crippen molar-refractivity contribution in [2.75, 3.05) is 11.4 Å². The minimum atomic E-state index is -0.423. The van der Waals surface area contributed by atoms with Gasteiger partial charge >= 0.3 is 0 Å². The first kappa shape index (κ1) is 16.2. The number of amides is 1. The highest BCUT2D eigenvalue weighted by Gasteiger charge is 2.30. The van der Waals surface area contributed by atoms with Crippen molar-refractivity contribution in [2.45, 2.75) is 51.6 Å². The van der Waals surface area contributed by atoms with Crippen molar-refractivity contribution in [2.24, 2.45) is 0 Å². The molecule has 1 unspecified atom stereocenters. The maximum absolute atomic E-state index is 13.0. The fourth-order valence-corrected chi connectivity index (χ4v) is 4.00. The SMILES string of the molecule is CCC(Oc1ccc2c(c1)CCCC2)C(=O)N1CCc2ccccc21. The highest BCUT2D eigenvalue weighted by Crippen LogP contribution is 2.30. The van der Waals surface area contributed by atoms with Crippen LogP contribution in [0, 0.1) is 0 Å². The Balaban J connectivity index is 1.52. The van der Waals surface area contributed by atoms with Crippen molar-refractivity contribution in [1.82, 2.24) is 0 Å². The summed E-state index contributed by atoms with van der Waals surface area (Å²) in [5.41, 5.74) is 5.11. The van der Waals surface area contributed by atoms with Gasteiger partial charge < -0.3 is 9.64 Å². The largest absolute Gasteiger partial charge is 0.481 e. The van der Waals surface area contributed by atoms with Crippen LogP contribution in [0.3, 0.4) is 0 Å². The van der Waals surface area contributed by atoms with E-state index < -0.39 is 6.10 Å². The van der Waals surface area contributed by atoms with Gasteiger partial charge in [-0.05, 0) is 73.4 Å². The first-order valence-corrected chi connectivity index (χ1v) is 9.44. The molecule has 0 fully saturated rings. The number of carbonyl (C=O) groups excluding carboxylic acids is 1. The van der Waals surface area contributed by atoms with Gasteiger partial charge in [-0.25, -0.2) is 0 Å². The Hall–Kier alpha value is -2.29. The van der Waals surface area contributed by atoms with Crippen LogP contribution in [-0.4, -0.2) is 18.6 Å². The third-order valence-corrected chi connectivity index (χ3v) is 5.40. The molecule has 0 bridgehead atoms. The molecule has 1 atom stereocenters. The van der Waals surface area contributed by atoms with E-state index in [2.05, 4.69) is 18.2 Å². The molecule has 1 aliphatic carbocycles. The number of nitrogens with zero attached hydrogens (tertiary/aromatic N) is 1. The molecule has 1 heterocycles. The van der Waals surface area contributed by atoms with Gasteiger partial charge in [-0.2, -0.15) is 0 Å². The molecular weight excluding hydrogens is 310 g/mol. The summed E-state index contributed by atoms with van der Waals surface area (Å²) >= 11 is 0. The monoisotopic (exact) mass is 335 g/mol. The molecule has 0 spiro atoms. The van der Waals surface area contributed by atoms with E-state index in [0.29, 0.717) is 6.42 Å². The van der Waals surface area contributed by atoms with Crippen molar-refractivity contribution in [3.05, 3.63) is 59.2 Å². The Kier molecular flexibility index (Phi) is 4.48. The van der Waals surface area contributed by atoms with Gasteiger partial charge in [-0.3, -0.25) is 4.79 Å². The zero-order valence-corrected chi connectivity index (χ0v) is 14.8. The van der Waals surface area contributed by atoms with E-state index in [0.717, 1.165) is 37.2 Å². The van der Waals surface area contributed by atoms with E-state index in [1.54, 1.807) is 0 Å². The molecule has 130 valence electrons. The first-order chi connectivity index (χ1) is 12.3. The quantitative estimate of drug-likeness (QED) is 0.833. The number of aryl methyl sites for hydroxylation is 2. The standard InChI is InChI=1S/C22H25NO2/c1-2-21(22(24)23-14-13-17-8-5-6-10-20(17)23)25-19-12-11-16-7-3-4-9-18(16)15-19/h5-6,8,10-12,15,21H,2-4,7,9,13-14H2,1H3. The summed E-state index contributed by atoms with van der Waals surface area (Å²) in [5, 5.41) is 0. The number of ether oxygens (including phenoxy) is 1. The average Bonchev–Trinajstić information content (AvgIpc) is 3.09. The molecule has 0 aromatic heterocycles. The van der Waals surface area contributed by atoms with Crippen LogP contribution in [0.1, 0.15) is 42.9 Å². The van der Waals surface area contributed by atoms with Crippen molar-refractivity contribution in [3.8, 4) is 5.75 Å². The first-order valence-electron chi connectivity index (χ1n) is 9.44. The zero-order chi connectivity index (χ0) is 17.2. The van der Waals surface area contributed by atoms with Gasteiger partial charge in [0.2, 0.25) is 0 Å². The highest BCUT2D eigenvalue weighted by molar-refractivity contribution is 5.98. The number of rotatable bonds is 4. The van der Waals surface area contributed by atoms with Gasteiger partial charge in [0.05, 0.1) is 0 Å². The molecule has 1 aliphatic heterocycles. The number of benzene rings is 2. The summed E-state index contributed by atoms with van der Waals surface area (Å²) in [7, 11) is 0. The normalized spacial score (nSPS) is 16.9. The molecule has 0 saturated heterocycles. The van der Waals surface area contributed by atoms with Crippen LogP contribution in [0.4, 0.5) is 5.69 Å². The van der Waals surface area contributed by atoms with Crippen LogP contribution in [0.5, 0.6) is 5.75 Å². The lowest BCUT2D eigenvalue weighted by Crippen LogP contribution is -2.41. The molecule has 2 aromatic carbocycles. The molecule has 4 rings (SSSR count). The molecular formula is C22H25NO2. The van der Waals surface area contributed by atoms with Gasteiger partial charge in [0.15, 0.2) is 6.10 Å². The Morgan fingerprint density at radius 2 is 1.84 bits per heavy atom. The molecule has 1 amide bonds. The number of hydrogen-bond donors (Lipinski definition) is 0. The lowest BCUT2D eigenvalue weighted by atomic mass is 9.92. The maximum atomic E-state index is 13.0. The third kappa shape index (κ3) is 3.15. The van der Waals surface area contributed by atoms with Crippen LogP contribution >= 0.6 is 0 Å². The van der Waals surface area contributed by atoms with Gasteiger partial charge in [0.1, 0.15) is 5.75 Å². The van der Waals surface area contributed by atoms with E-state index in [1.807, 2.05) is 36.1 Å². The molecule has 25 heavy (non-hydrogen) atoms. The summed E-state index contributed by atoms with van der Waals surface area (Å²) in [4.78, 5) is 14.9. The number of carbonyl (C=O) groups is 1. The van der Waals surface area contributed by atoms with Gasteiger partial charge in [0, 0.05) is 12.2 Å². The molecule has 0 N–H and O–H groups in total. The van der Waals surface area contributed by atoms with Crippen molar-refractivity contribution in [1.29, 1.82) is 0 Å². The van der Waals surface area contributed by atoms with Crippen LogP contribution in [0.2, 0.25) is 0 Å². The van der Waals surface area contributed by atoms with E-state index in [-0.39, 0.29) is 5.91 Å². The lowest BCUT2D eigenvalue weighted by molar-refractivity contribution is -0.125. The summed E-state index contributed by atoms with van der Waals surface area (Å²) in [6, 6.07) is 14.5. The van der Waals surface area contributed by atoms with E-state index in [9.17, 15) is 4.79 Å². The second-order valence-corrected chi connectivity index (χ2v) is 7.02. The third-order valence-electron chi connectivity index (χ3n) is 5.40. The van der Waals surface area contributed by atoms with E-state index in [4.69, 9.17) is 4.74 Å². The fourth-order valence-electron chi connectivity index (χ4n) is 4.00. The summed E-state index contributed by atoms with van der Waals surface area (Å²) < 4.78 is 6.13. The van der Waals surface area contributed by atoms with Gasteiger partial charge in [0.25, 0.3) is 5.91 Å². The summed E-state index contributed by atoms with van der Waals surface area (Å²) in [5.74, 6) is 0.901. The predicted octanol–water partition coefficient (Wildman–Crippen LogP) is 4.31. The van der Waals surface area contributed by atoms with E-state index >= 15 is 0 Å². The van der Waals surface area contributed by atoms with Crippen LogP contribution < -0.4 is 9.64 Å². The summed E-state index contributed by atoms with van der Waals surface area (Å²) in [6.07, 6.45) is 5.99. The Bertz CT molecular complexity index is 783. The topological polar surface area (TPSA) is 29.5 Å². The van der Waals surface area contributed by atoms with Crippen molar-refractivity contribution < 1.29 is 9.53 Å². The van der Waals surface area contributed by atoms with Crippen molar-refractivity contribution in [3.63, 3.8) is 0 Å². The minimum absolute atomic E-state index is 0.0742. The highest BCUT2D eigenvalue weighted by atomic mass is 16.5. The van der Waals surface area contributed by atoms with E-state index in [1.165, 1.54) is 29.5 Å². The smallest absolute Gasteiger partial charge is 0.268 e. The fraction of sp³-hybridized carbons (Fsp3) is 0.409. The predicted molar refractivity (Wildman–Crippen MR) is 100 cm³/mol. The van der Waals surface area contributed by atoms with Crippen LogP contribution in [0.15, 0.2) is 42.5 Å². The second-order valence-electron chi connectivity index (χ2n) is 7.02. The zero-order valence-electron chi connectivity index (χ0n) is 14.8. The van der Waals surface area contributed by atoms with Gasteiger partial charge in [-0.1, -0.05) is 31.2 Å². The van der Waals surface area contributed by atoms with Crippen LogP contribution in [0.25, 0.3) is 0 Å². The average molecular weight is 335 g/mol. The number of para-hydroxylation sites is 1. The summed E-state index contributed by atoms with van der Waals surface area (Å²) in [6.45, 7) is 2.77. The minimum Gasteiger partial charge on any atom is -0.481 e. The Morgan fingerprint density at radius 1 is 1.04 bits per heavy atom. The number of anilines is 1. The second kappa shape index (κ2) is 6.91. The Labute approximate surface area is 149 Å². The maximum Gasteiger partial charge on any atom is 0.268 e. The molecule has 2 aromatic rings.